The van der Waals surface area contributed by atoms with Crippen LogP contribution in [-0.2, 0) is 19.0 Å². The molecule has 17 nitrogen and oxygen atoms in total. The molecule has 2 saturated heterocycles. The number of aromatic amines is 1. The van der Waals surface area contributed by atoms with Gasteiger partial charge in [-0.2, -0.15) is 0 Å². The number of amides is 3. The standard InChI is InChI=1S/C56H71FN8O9/c1-32(2)49(61-55(68)71-6)52(66)63-22-11-18-44(63)41-17-9-8-16-40(59-41)34-20-21-43-37(26-34)29-46-48-39(57)28-36(30-47(48)74-54(65(43)46)35-14-10-15-38(27-35)73-25-13-24-70-5)42-31-58-51(60-42)45-19-12-23-64(45)53(67)50(33(3)4)62-56(69)72-7/h10,14-15,20-21,26-33,41,44-45,49-50,52,54,66H,8-9,11-13,16-19,22-25H2,1-7H3,(H,58,60)(H,61,68)(H,62,69). The monoisotopic (exact) mass is 1020 g/mol. The third-order valence-corrected chi connectivity index (χ3v) is 15.1. The van der Waals surface area contributed by atoms with Gasteiger partial charge < -0.3 is 53.9 Å². The van der Waals surface area contributed by atoms with Gasteiger partial charge in [-0.3, -0.25) is 14.7 Å². The predicted octanol–water partition coefficient (Wildman–Crippen LogP) is 9.13. The van der Waals surface area contributed by atoms with Gasteiger partial charge in [-0.15, -0.1) is 0 Å². The normalized spacial score (nSPS) is 21.1. The molecule has 3 amide bonds. The van der Waals surface area contributed by atoms with E-state index in [1.807, 2.05) is 64.1 Å². The van der Waals surface area contributed by atoms with Crippen LogP contribution in [0.1, 0.15) is 115 Å². The van der Waals surface area contributed by atoms with Crippen LogP contribution in [0.3, 0.4) is 0 Å². The molecule has 0 spiro atoms. The highest BCUT2D eigenvalue weighted by Crippen LogP contribution is 2.48. The molecule has 9 rings (SSSR count). The Morgan fingerprint density at radius 3 is 2.45 bits per heavy atom. The number of alkyl carbamates (subject to hydrolysis) is 2. The van der Waals surface area contributed by atoms with Crippen LogP contribution in [0.4, 0.5) is 14.0 Å². The van der Waals surface area contributed by atoms with E-state index in [4.69, 9.17) is 33.7 Å². The summed E-state index contributed by atoms with van der Waals surface area (Å²) in [6.45, 7) is 9.95. The number of aromatic nitrogens is 3. The van der Waals surface area contributed by atoms with E-state index in [-0.39, 0.29) is 35.9 Å². The maximum absolute atomic E-state index is 17.1. The van der Waals surface area contributed by atoms with Crippen molar-refractivity contribution in [1.29, 1.82) is 0 Å². The number of halogens is 1. The lowest BCUT2D eigenvalue weighted by molar-refractivity contribution is -0.135. The second kappa shape index (κ2) is 22.9. The fourth-order valence-electron chi connectivity index (χ4n) is 11.3. The fourth-order valence-corrected chi connectivity index (χ4v) is 11.3. The van der Waals surface area contributed by atoms with Gasteiger partial charge in [-0.05, 0) is 105 Å². The smallest absolute Gasteiger partial charge is 0.407 e. The number of ether oxygens (including phenoxy) is 5. The molecule has 2 aromatic heterocycles. The van der Waals surface area contributed by atoms with E-state index >= 15 is 4.39 Å². The summed E-state index contributed by atoms with van der Waals surface area (Å²) in [5.41, 5.74) is 5.72. The number of carbonyl (C=O) groups is 3. The van der Waals surface area contributed by atoms with Gasteiger partial charge >= 0.3 is 12.2 Å². The zero-order valence-corrected chi connectivity index (χ0v) is 43.6. The highest BCUT2D eigenvalue weighted by molar-refractivity contribution is 6.04. The van der Waals surface area contributed by atoms with E-state index in [2.05, 4.69) is 43.3 Å². The Morgan fingerprint density at radius 2 is 1.68 bits per heavy atom. The van der Waals surface area contributed by atoms with Crippen LogP contribution in [0.25, 0.3) is 33.4 Å². The Kier molecular flexibility index (Phi) is 16.2. The lowest BCUT2D eigenvalue weighted by Gasteiger charge is -2.38. The van der Waals surface area contributed by atoms with Crippen molar-refractivity contribution in [3.05, 3.63) is 89.6 Å². The molecule has 396 valence electrons. The molecular formula is C56H71FN8O9. The highest BCUT2D eigenvalue weighted by atomic mass is 19.1. The zero-order chi connectivity index (χ0) is 52.2. The average Bonchev–Trinajstić information content (AvgIpc) is 4.23. The molecule has 4 aliphatic heterocycles. The number of fused-ring (bicyclic) bond motifs is 5. The lowest BCUT2D eigenvalue weighted by atomic mass is 9.97. The molecule has 74 heavy (non-hydrogen) atoms. The van der Waals surface area contributed by atoms with Crippen LogP contribution >= 0.6 is 0 Å². The largest absolute Gasteiger partial charge is 0.493 e. The predicted molar refractivity (Wildman–Crippen MR) is 279 cm³/mol. The highest BCUT2D eigenvalue weighted by Gasteiger charge is 2.41. The lowest BCUT2D eigenvalue weighted by Crippen LogP contribution is -2.57. The Bertz CT molecular complexity index is 2850. The van der Waals surface area contributed by atoms with Crippen LogP contribution in [0, 0.1) is 17.7 Å². The second-order valence-electron chi connectivity index (χ2n) is 20.6. The molecule has 6 heterocycles. The summed E-state index contributed by atoms with van der Waals surface area (Å²) < 4.78 is 47.3. The van der Waals surface area contributed by atoms with Crippen molar-refractivity contribution < 1.29 is 47.6 Å². The summed E-state index contributed by atoms with van der Waals surface area (Å²) in [5, 5.41) is 18.2. The summed E-state index contributed by atoms with van der Waals surface area (Å²) in [6.07, 6.45) is 6.40. The first-order chi connectivity index (χ1) is 35.8. The minimum absolute atomic E-state index is 0.000549. The van der Waals surface area contributed by atoms with E-state index in [0.717, 1.165) is 79.1 Å². The number of H-pyrrole nitrogens is 1. The molecule has 18 heteroatoms. The van der Waals surface area contributed by atoms with Crippen molar-refractivity contribution in [2.24, 2.45) is 16.8 Å². The van der Waals surface area contributed by atoms with E-state index in [0.29, 0.717) is 72.6 Å². The van der Waals surface area contributed by atoms with E-state index in [9.17, 15) is 19.5 Å². The number of methoxy groups -OCH3 is 3. The number of aliphatic imine (C=N–C) groups is 1. The Labute approximate surface area is 432 Å². The number of likely N-dealkylation sites (tertiary alicyclic amines) is 2. The molecule has 2 fully saturated rings. The van der Waals surface area contributed by atoms with Gasteiger partial charge in [0.2, 0.25) is 12.1 Å². The first-order valence-electron chi connectivity index (χ1n) is 26.2. The number of carbonyl (C=O) groups excluding carboxylic acids is 3. The number of imidazole rings is 1. The van der Waals surface area contributed by atoms with Gasteiger partial charge in [0.25, 0.3) is 0 Å². The van der Waals surface area contributed by atoms with Crippen molar-refractivity contribution in [1.82, 2.24) is 35.0 Å². The van der Waals surface area contributed by atoms with Gasteiger partial charge in [0.1, 0.15) is 35.4 Å². The molecule has 0 aliphatic carbocycles. The van der Waals surface area contributed by atoms with Crippen LogP contribution in [-0.4, -0.2) is 131 Å². The topological polar surface area (TPSA) is 194 Å². The van der Waals surface area contributed by atoms with Gasteiger partial charge in [0, 0.05) is 61.5 Å². The molecule has 0 saturated carbocycles. The number of benzene rings is 3. The summed E-state index contributed by atoms with van der Waals surface area (Å²) in [7, 11) is 4.26. The third-order valence-electron chi connectivity index (χ3n) is 15.1. The maximum atomic E-state index is 17.1. The zero-order valence-electron chi connectivity index (χ0n) is 43.6. The van der Waals surface area contributed by atoms with Crippen molar-refractivity contribution >= 4 is 34.7 Å². The van der Waals surface area contributed by atoms with Crippen LogP contribution in [0.15, 0.2) is 71.9 Å². The molecule has 7 atom stereocenters. The minimum Gasteiger partial charge on any atom is -0.493 e. The molecular weight excluding hydrogens is 948 g/mol. The molecule has 7 unspecified atom stereocenters. The molecule has 3 aromatic carbocycles. The van der Waals surface area contributed by atoms with Crippen LogP contribution in [0.2, 0.25) is 0 Å². The number of nitrogens with one attached hydrogen (secondary N) is 3. The van der Waals surface area contributed by atoms with Gasteiger partial charge in [-0.25, -0.2) is 19.0 Å². The van der Waals surface area contributed by atoms with Gasteiger partial charge in [0.15, 0.2) is 0 Å². The summed E-state index contributed by atoms with van der Waals surface area (Å²) in [4.78, 5) is 55.9. The van der Waals surface area contributed by atoms with Crippen molar-refractivity contribution in [3.8, 4) is 34.0 Å². The van der Waals surface area contributed by atoms with Crippen molar-refractivity contribution in [3.63, 3.8) is 0 Å². The Balaban J connectivity index is 1.06. The number of nitrogens with zero attached hydrogens (tertiary/aromatic N) is 5. The molecule has 4 aliphatic rings. The summed E-state index contributed by atoms with van der Waals surface area (Å²) in [5.74, 6) is 0.688. The van der Waals surface area contributed by atoms with Crippen LogP contribution < -0.4 is 20.1 Å². The van der Waals surface area contributed by atoms with Crippen LogP contribution in [0.5, 0.6) is 11.5 Å². The number of aliphatic hydroxyl groups excluding tert-OH is 1. The maximum Gasteiger partial charge on any atom is 0.407 e. The summed E-state index contributed by atoms with van der Waals surface area (Å²) in [6, 6.07) is 17.8. The van der Waals surface area contributed by atoms with Gasteiger partial charge in [-0.1, -0.05) is 52.3 Å². The molecule has 0 bridgehead atoms. The number of hydrogen-bond donors (Lipinski definition) is 4. The van der Waals surface area contributed by atoms with E-state index in [1.54, 1.807) is 18.2 Å². The van der Waals surface area contributed by atoms with Crippen molar-refractivity contribution in [2.75, 3.05) is 47.6 Å². The molecule has 4 N–H and O–H groups in total. The second-order valence-corrected chi connectivity index (χ2v) is 20.6. The van der Waals surface area contributed by atoms with E-state index < -0.39 is 42.5 Å². The van der Waals surface area contributed by atoms with Gasteiger partial charge in [0.05, 0.1) is 67.6 Å². The fraction of sp³-hybridized carbons (Fsp3) is 0.518. The quantitative estimate of drug-likeness (QED) is 0.0649. The number of rotatable bonds is 17. The number of aliphatic hydroxyl groups is 1. The van der Waals surface area contributed by atoms with E-state index in [1.165, 1.54) is 20.3 Å². The average molecular weight is 1020 g/mol. The molecule has 0 radical (unpaired) electrons. The Morgan fingerprint density at radius 1 is 0.878 bits per heavy atom. The first-order valence-corrected chi connectivity index (χ1v) is 26.2. The van der Waals surface area contributed by atoms with Crippen molar-refractivity contribution in [2.45, 2.75) is 128 Å². The third kappa shape index (κ3) is 10.8. The number of hydrogen-bond acceptors (Lipinski definition) is 12. The SMILES string of the molecule is COCCCOc1cccc(C2Oc3cc(-c4cnc(C5CCCN5C(=O)C(NC(=O)OC)C(C)C)[nH]4)cc(F)c3-c3cc4cc(C5=NC(C6CCCN6C(O)C(NC(=O)OC)C(C)C)CCCC5)ccc4n32)c1. The first kappa shape index (κ1) is 52.4. The summed E-state index contributed by atoms with van der Waals surface area (Å²) >= 11 is 0. The molecule has 5 aromatic rings. The minimum atomic E-state index is -0.899. The Hall–Kier alpha value is -6.50.